The summed E-state index contributed by atoms with van der Waals surface area (Å²) in [6.45, 7) is 5.32. The molecule has 2 rings (SSSR count). The maximum absolute atomic E-state index is 8.62. The average molecular weight is 239 g/mol. The van der Waals surface area contributed by atoms with E-state index in [1.807, 2.05) is 30.3 Å². The van der Waals surface area contributed by atoms with Crippen LogP contribution in [-0.2, 0) is 0 Å². The van der Waals surface area contributed by atoms with Gasteiger partial charge in [-0.1, -0.05) is 30.0 Å². The molecule has 1 aliphatic rings. The SMILES string of the molecule is N#CCN1CCN(CC#Cc2ccccc2)CC1. The lowest BCUT2D eigenvalue weighted by molar-refractivity contribution is 0.157. The number of nitrogens with zero attached hydrogens (tertiary/aromatic N) is 3. The van der Waals surface area contributed by atoms with E-state index in [0.29, 0.717) is 6.54 Å². The Bertz CT molecular complexity index is 456. The molecule has 0 spiro atoms. The molecule has 1 aromatic carbocycles. The summed E-state index contributed by atoms with van der Waals surface area (Å²) in [5, 5.41) is 8.62. The summed E-state index contributed by atoms with van der Waals surface area (Å²) in [7, 11) is 0. The Morgan fingerprint density at radius 1 is 0.944 bits per heavy atom. The summed E-state index contributed by atoms with van der Waals surface area (Å²) < 4.78 is 0. The van der Waals surface area contributed by atoms with Crippen LogP contribution in [0.15, 0.2) is 30.3 Å². The van der Waals surface area contributed by atoms with Gasteiger partial charge in [-0.25, -0.2) is 0 Å². The van der Waals surface area contributed by atoms with Crippen molar-refractivity contribution in [2.75, 3.05) is 39.3 Å². The van der Waals surface area contributed by atoms with Gasteiger partial charge in [0.05, 0.1) is 19.2 Å². The van der Waals surface area contributed by atoms with Crippen molar-refractivity contribution in [3.63, 3.8) is 0 Å². The molecule has 0 amide bonds. The van der Waals surface area contributed by atoms with E-state index in [-0.39, 0.29) is 0 Å². The van der Waals surface area contributed by atoms with E-state index in [1.165, 1.54) is 0 Å². The molecule has 0 bridgehead atoms. The third kappa shape index (κ3) is 3.89. The van der Waals surface area contributed by atoms with Crippen molar-refractivity contribution in [3.8, 4) is 17.9 Å². The normalized spacial score (nSPS) is 16.6. The number of hydrogen-bond donors (Lipinski definition) is 0. The van der Waals surface area contributed by atoms with E-state index in [2.05, 4.69) is 27.7 Å². The van der Waals surface area contributed by atoms with E-state index in [9.17, 15) is 0 Å². The van der Waals surface area contributed by atoms with E-state index >= 15 is 0 Å². The summed E-state index contributed by atoms with van der Waals surface area (Å²) in [6.07, 6.45) is 0. The predicted octanol–water partition coefficient (Wildman–Crippen LogP) is 1.18. The Labute approximate surface area is 109 Å². The first kappa shape index (κ1) is 12.6. The van der Waals surface area contributed by atoms with Crippen molar-refractivity contribution in [1.29, 1.82) is 5.26 Å². The zero-order valence-electron chi connectivity index (χ0n) is 10.5. The largest absolute Gasteiger partial charge is 0.290 e. The Hall–Kier alpha value is -1.81. The molecule has 0 atom stereocenters. The first-order valence-electron chi connectivity index (χ1n) is 6.24. The van der Waals surface area contributed by atoms with Crippen LogP contribution in [0.5, 0.6) is 0 Å². The summed E-state index contributed by atoms with van der Waals surface area (Å²) in [6, 6.07) is 12.3. The molecule has 1 fully saturated rings. The fourth-order valence-electron chi connectivity index (χ4n) is 1.98. The minimum absolute atomic E-state index is 0.545. The van der Waals surface area contributed by atoms with Crippen molar-refractivity contribution in [3.05, 3.63) is 35.9 Å². The van der Waals surface area contributed by atoms with Crippen LogP contribution in [-0.4, -0.2) is 49.1 Å². The van der Waals surface area contributed by atoms with Crippen LogP contribution in [0.3, 0.4) is 0 Å². The van der Waals surface area contributed by atoms with Gasteiger partial charge < -0.3 is 0 Å². The van der Waals surface area contributed by atoms with Gasteiger partial charge in [-0.15, -0.1) is 0 Å². The zero-order chi connectivity index (χ0) is 12.6. The number of nitriles is 1. The molecular weight excluding hydrogens is 222 g/mol. The second-order valence-corrected chi connectivity index (χ2v) is 4.38. The van der Waals surface area contributed by atoms with Gasteiger partial charge in [0.25, 0.3) is 0 Å². The summed E-state index contributed by atoms with van der Waals surface area (Å²) in [5.41, 5.74) is 1.07. The van der Waals surface area contributed by atoms with Crippen LogP contribution >= 0.6 is 0 Å². The summed E-state index contributed by atoms with van der Waals surface area (Å²) >= 11 is 0. The highest BCUT2D eigenvalue weighted by atomic mass is 15.3. The Morgan fingerprint density at radius 2 is 1.56 bits per heavy atom. The van der Waals surface area contributed by atoms with Gasteiger partial charge in [-0.2, -0.15) is 5.26 Å². The highest BCUT2D eigenvalue weighted by Crippen LogP contribution is 2.00. The quantitative estimate of drug-likeness (QED) is 0.573. The van der Waals surface area contributed by atoms with Crippen LogP contribution < -0.4 is 0 Å². The first-order chi connectivity index (χ1) is 8.88. The molecular formula is C15H17N3. The minimum Gasteiger partial charge on any atom is -0.290 e. The zero-order valence-corrected chi connectivity index (χ0v) is 10.5. The molecule has 0 aliphatic carbocycles. The predicted molar refractivity (Wildman–Crippen MR) is 71.8 cm³/mol. The molecule has 0 aromatic heterocycles. The third-order valence-electron chi connectivity index (χ3n) is 3.07. The third-order valence-corrected chi connectivity index (χ3v) is 3.07. The second-order valence-electron chi connectivity index (χ2n) is 4.38. The first-order valence-corrected chi connectivity index (χ1v) is 6.24. The average Bonchev–Trinajstić information content (AvgIpc) is 2.42. The van der Waals surface area contributed by atoms with Gasteiger partial charge in [0.1, 0.15) is 0 Å². The molecule has 1 aliphatic heterocycles. The highest BCUT2D eigenvalue weighted by molar-refractivity contribution is 5.33. The lowest BCUT2D eigenvalue weighted by Crippen LogP contribution is -2.46. The standard InChI is InChI=1S/C15H17N3/c16-8-10-18-13-11-17(12-14-18)9-4-7-15-5-2-1-3-6-15/h1-3,5-6H,9-14H2. The van der Waals surface area contributed by atoms with Crippen LogP contribution in [0, 0.1) is 23.2 Å². The monoisotopic (exact) mass is 239 g/mol. The van der Waals surface area contributed by atoms with Crippen LogP contribution in [0.2, 0.25) is 0 Å². The van der Waals surface area contributed by atoms with Gasteiger partial charge in [-0.3, -0.25) is 9.80 Å². The number of hydrogen-bond acceptors (Lipinski definition) is 3. The minimum atomic E-state index is 0.545. The molecule has 3 heteroatoms. The molecule has 0 unspecified atom stereocenters. The fourth-order valence-corrected chi connectivity index (χ4v) is 1.98. The van der Waals surface area contributed by atoms with Gasteiger partial charge >= 0.3 is 0 Å². The van der Waals surface area contributed by atoms with Crippen LogP contribution in [0.25, 0.3) is 0 Å². The summed E-state index contributed by atoms with van der Waals surface area (Å²) in [4.78, 5) is 4.52. The van der Waals surface area contributed by atoms with E-state index in [1.54, 1.807) is 0 Å². The van der Waals surface area contributed by atoms with E-state index < -0.39 is 0 Å². The van der Waals surface area contributed by atoms with Crippen LogP contribution in [0.1, 0.15) is 5.56 Å². The molecule has 1 aromatic rings. The van der Waals surface area contributed by atoms with Gasteiger partial charge in [0.15, 0.2) is 0 Å². The van der Waals surface area contributed by atoms with Gasteiger partial charge in [-0.05, 0) is 12.1 Å². The van der Waals surface area contributed by atoms with E-state index in [4.69, 9.17) is 5.26 Å². The summed E-state index contributed by atoms with van der Waals surface area (Å²) in [5.74, 6) is 6.38. The van der Waals surface area contributed by atoms with Crippen molar-refractivity contribution in [2.24, 2.45) is 0 Å². The maximum Gasteiger partial charge on any atom is 0.0866 e. The van der Waals surface area contributed by atoms with Gasteiger partial charge in [0.2, 0.25) is 0 Å². The molecule has 1 saturated heterocycles. The molecule has 0 radical (unpaired) electrons. The Morgan fingerprint density at radius 3 is 2.17 bits per heavy atom. The van der Waals surface area contributed by atoms with E-state index in [0.717, 1.165) is 38.3 Å². The number of rotatable bonds is 2. The fraction of sp³-hybridized carbons (Fsp3) is 0.400. The topological polar surface area (TPSA) is 30.3 Å². The van der Waals surface area contributed by atoms with Crippen molar-refractivity contribution in [1.82, 2.24) is 9.80 Å². The Kier molecular flexibility index (Phi) is 4.78. The molecule has 3 nitrogen and oxygen atoms in total. The second kappa shape index (κ2) is 6.81. The smallest absolute Gasteiger partial charge is 0.0866 e. The molecule has 1 heterocycles. The Balaban J connectivity index is 1.76. The lowest BCUT2D eigenvalue weighted by atomic mass is 10.2. The van der Waals surface area contributed by atoms with Crippen molar-refractivity contribution in [2.45, 2.75) is 0 Å². The lowest BCUT2D eigenvalue weighted by Gasteiger charge is -2.31. The molecule has 18 heavy (non-hydrogen) atoms. The molecule has 0 saturated carbocycles. The van der Waals surface area contributed by atoms with Crippen molar-refractivity contribution >= 4 is 0 Å². The molecule has 92 valence electrons. The highest BCUT2D eigenvalue weighted by Gasteiger charge is 2.14. The number of benzene rings is 1. The maximum atomic E-state index is 8.62. The van der Waals surface area contributed by atoms with Crippen LogP contribution in [0.4, 0.5) is 0 Å². The molecule has 0 N–H and O–H groups in total. The van der Waals surface area contributed by atoms with Gasteiger partial charge in [0, 0.05) is 31.7 Å². The number of piperazine rings is 1. The van der Waals surface area contributed by atoms with Crippen molar-refractivity contribution < 1.29 is 0 Å².